The van der Waals surface area contributed by atoms with E-state index in [0.29, 0.717) is 11.3 Å². The molecule has 0 bridgehead atoms. The van der Waals surface area contributed by atoms with Crippen LogP contribution in [-0.2, 0) is 4.74 Å². The Hall–Kier alpha value is -2.62. The maximum Gasteiger partial charge on any atom is 0.354 e. The molecule has 94 valence electrons. The van der Waals surface area contributed by atoms with Crippen LogP contribution in [0.4, 0.5) is 0 Å². The number of benzene rings is 1. The van der Waals surface area contributed by atoms with Gasteiger partial charge in [0.25, 0.3) is 0 Å². The molecule has 4 heteroatoms. The zero-order valence-electron chi connectivity index (χ0n) is 10.4. The molecule has 4 nitrogen and oxygen atoms in total. The SMILES string of the molecule is COC(=O)c1cc2c(-c3ccccc3)ccnc2[nH]1. The predicted molar refractivity (Wildman–Crippen MR) is 72.9 cm³/mol. The average molecular weight is 252 g/mol. The van der Waals surface area contributed by atoms with Crippen LogP contribution in [0, 0.1) is 0 Å². The summed E-state index contributed by atoms with van der Waals surface area (Å²) in [6.45, 7) is 0. The lowest BCUT2D eigenvalue weighted by Gasteiger charge is -2.02. The molecule has 3 rings (SSSR count). The minimum Gasteiger partial charge on any atom is -0.464 e. The minimum absolute atomic E-state index is 0.392. The quantitative estimate of drug-likeness (QED) is 0.713. The second-order valence-electron chi connectivity index (χ2n) is 4.16. The third kappa shape index (κ3) is 1.97. The number of hydrogen-bond acceptors (Lipinski definition) is 3. The van der Waals surface area contributed by atoms with Crippen molar-refractivity contribution in [3.63, 3.8) is 0 Å². The third-order valence-electron chi connectivity index (χ3n) is 3.02. The lowest BCUT2D eigenvalue weighted by atomic mass is 10.0. The molecule has 19 heavy (non-hydrogen) atoms. The summed E-state index contributed by atoms with van der Waals surface area (Å²) in [6, 6.07) is 13.7. The number of aromatic nitrogens is 2. The number of esters is 1. The van der Waals surface area contributed by atoms with E-state index in [-0.39, 0.29) is 0 Å². The highest BCUT2D eigenvalue weighted by molar-refractivity contribution is 5.99. The standard InChI is InChI=1S/C15H12N2O2/c1-19-15(18)13-9-12-11(7-8-16-14(12)17-13)10-5-3-2-4-6-10/h2-9H,1H3,(H,16,17). The first-order chi connectivity index (χ1) is 9.29. The van der Waals surface area contributed by atoms with E-state index in [9.17, 15) is 4.79 Å². The van der Waals surface area contributed by atoms with Gasteiger partial charge in [0, 0.05) is 11.6 Å². The summed E-state index contributed by atoms with van der Waals surface area (Å²) in [5.41, 5.74) is 3.22. The van der Waals surface area contributed by atoms with Gasteiger partial charge in [-0.05, 0) is 23.3 Å². The number of methoxy groups -OCH3 is 1. The van der Waals surface area contributed by atoms with Gasteiger partial charge >= 0.3 is 5.97 Å². The van der Waals surface area contributed by atoms with E-state index < -0.39 is 5.97 Å². The summed E-state index contributed by atoms with van der Waals surface area (Å²) in [4.78, 5) is 18.8. The summed E-state index contributed by atoms with van der Waals surface area (Å²) < 4.78 is 4.71. The molecule has 1 aromatic carbocycles. The molecule has 0 aliphatic rings. The third-order valence-corrected chi connectivity index (χ3v) is 3.02. The van der Waals surface area contributed by atoms with Gasteiger partial charge < -0.3 is 9.72 Å². The molecular formula is C15H12N2O2. The number of carbonyl (C=O) groups is 1. The smallest absolute Gasteiger partial charge is 0.354 e. The second-order valence-corrected chi connectivity index (χ2v) is 4.16. The molecule has 2 heterocycles. The summed E-state index contributed by atoms with van der Waals surface area (Å²) in [5, 5.41) is 0.911. The van der Waals surface area contributed by atoms with Crippen molar-refractivity contribution in [1.82, 2.24) is 9.97 Å². The Labute approximate surface area is 110 Å². The van der Waals surface area contributed by atoms with Gasteiger partial charge in [0.2, 0.25) is 0 Å². The number of hydrogen-bond donors (Lipinski definition) is 1. The minimum atomic E-state index is -0.392. The van der Waals surface area contributed by atoms with Crippen molar-refractivity contribution < 1.29 is 9.53 Å². The highest BCUT2D eigenvalue weighted by Crippen LogP contribution is 2.27. The molecule has 0 aliphatic heterocycles. The van der Waals surface area contributed by atoms with Crippen LogP contribution in [0.15, 0.2) is 48.7 Å². The molecule has 3 aromatic rings. The van der Waals surface area contributed by atoms with Crippen LogP contribution in [0.5, 0.6) is 0 Å². The molecule has 0 aliphatic carbocycles. The van der Waals surface area contributed by atoms with Gasteiger partial charge in [-0.25, -0.2) is 9.78 Å². The zero-order valence-corrected chi connectivity index (χ0v) is 10.4. The van der Waals surface area contributed by atoms with Gasteiger partial charge in [0.05, 0.1) is 7.11 Å². The number of rotatable bonds is 2. The van der Waals surface area contributed by atoms with E-state index in [1.807, 2.05) is 36.4 Å². The predicted octanol–water partition coefficient (Wildman–Crippen LogP) is 3.02. The number of nitrogens with one attached hydrogen (secondary N) is 1. The van der Waals surface area contributed by atoms with E-state index in [1.165, 1.54) is 7.11 Å². The molecular weight excluding hydrogens is 240 g/mol. The van der Waals surface area contributed by atoms with Gasteiger partial charge in [0.1, 0.15) is 11.3 Å². The molecule has 0 saturated heterocycles. The van der Waals surface area contributed by atoms with Crippen molar-refractivity contribution in [2.24, 2.45) is 0 Å². The van der Waals surface area contributed by atoms with E-state index in [2.05, 4.69) is 9.97 Å². The summed E-state index contributed by atoms with van der Waals surface area (Å²) in [6.07, 6.45) is 1.72. The van der Waals surface area contributed by atoms with Gasteiger partial charge in [-0.3, -0.25) is 0 Å². The molecule has 2 aromatic heterocycles. The lowest BCUT2D eigenvalue weighted by Crippen LogP contribution is -2.00. The molecule has 0 radical (unpaired) electrons. The Morgan fingerprint density at radius 3 is 2.74 bits per heavy atom. The van der Waals surface area contributed by atoms with Crippen LogP contribution in [0.2, 0.25) is 0 Å². The number of H-pyrrole nitrogens is 1. The van der Waals surface area contributed by atoms with E-state index in [0.717, 1.165) is 16.5 Å². The Morgan fingerprint density at radius 1 is 1.21 bits per heavy atom. The first kappa shape index (κ1) is 11.5. The molecule has 0 amide bonds. The van der Waals surface area contributed by atoms with Crippen molar-refractivity contribution in [2.45, 2.75) is 0 Å². The monoisotopic (exact) mass is 252 g/mol. The number of ether oxygens (including phenoxy) is 1. The summed E-state index contributed by atoms with van der Waals surface area (Å²) in [7, 11) is 1.36. The summed E-state index contributed by atoms with van der Waals surface area (Å²) in [5.74, 6) is -0.392. The maximum atomic E-state index is 11.5. The highest BCUT2D eigenvalue weighted by atomic mass is 16.5. The molecule has 0 atom stereocenters. The van der Waals surface area contributed by atoms with Crippen LogP contribution in [0.25, 0.3) is 22.2 Å². The van der Waals surface area contributed by atoms with Gasteiger partial charge in [-0.1, -0.05) is 30.3 Å². The Kier molecular flexibility index (Phi) is 2.76. The average Bonchev–Trinajstić information content (AvgIpc) is 2.91. The number of nitrogens with zero attached hydrogens (tertiary/aromatic N) is 1. The van der Waals surface area contributed by atoms with E-state index >= 15 is 0 Å². The van der Waals surface area contributed by atoms with Crippen molar-refractivity contribution >= 4 is 17.0 Å². The fourth-order valence-electron chi connectivity index (χ4n) is 2.12. The molecule has 0 unspecified atom stereocenters. The zero-order chi connectivity index (χ0) is 13.2. The molecule has 1 N–H and O–H groups in total. The fraction of sp³-hybridized carbons (Fsp3) is 0.0667. The van der Waals surface area contributed by atoms with E-state index in [1.54, 1.807) is 12.3 Å². The first-order valence-corrected chi connectivity index (χ1v) is 5.91. The molecule has 0 spiro atoms. The van der Waals surface area contributed by atoms with Crippen LogP contribution in [-0.4, -0.2) is 23.0 Å². The van der Waals surface area contributed by atoms with E-state index in [4.69, 9.17) is 4.74 Å². The molecule has 0 fully saturated rings. The van der Waals surface area contributed by atoms with Crippen molar-refractivity contribution in [1.29, 1.82) is 0 Å². The van der Waals surface area contributed by atoms with Crippen LogP contribution >= 0.6 is 0 Å². The van der Waals surface area contributed by atoms with Crippen LogP contribution < -0.4 is 0 Å². The maximum absolute atomic E-state index is 11.5. The molecule has 0 saturated carbocycles. The van der Waals surface area contributed by atoms with Crippen molar-refractivity contribution in [3.05, 3.63) is 54.4 Å². The van der Waals surface area contributed by atoms with Crippen molar-refractivity contribution in [3.8, 4) is 11.1 Å². The van der Waals surface area contributed by atoms with Gasteiger partial charge in [0.15, 0.2) is 0 Å². The normalized spacial score (nSPS) is 10.6. The van der Waals surface area contributed by atoms with Crippen molar-refractivity contribution in [2.75, 3.05) is 7.11 Å². The van der Waals surface area contributed by atoms with Gasteiger partial charge in [-0.2, -0.15) is 0 Å². The number of carbonyl (C=O) groups excluding carboxylic acids is 1. The number of fused-ring (bicyclic) bond motifs is 1. The Bertz CT molecular complexity index is 732. The topological polar surface area (TPSA) is 55.0 Å². The Balaban J connectivity index is 2.21. The lowest BCUT2D eigenvalue weighted by molar-refractivity contribution is 0.0595. The van der Waals surface area contributed by atoms with Crippen LogP contribution in [0.3, 0.4) is 0 Å². The second kappa shape index (κ2) is 4.57. The first-order valence-electron chi connectivity index (χ1n) is 5.91. The van der Waals surface area contributed by atoms with Crippen LogP contribution in [0.1, 0.15) is 10.5 Å². The Morgan fingerprint density at radius 2 is 2.00 bits per heavy atom. The van der Waals surface area contributed by atoms with Gasteiger partial charge in [-0.15, -0.1) is 0 Å². The highest BCUT2D eigenvalue weighted by Gasteiger charge is 2.13. The largest absolute Gasteiger partial charge is 0.464 e. The summed E-state index contributed by atoms with van der Waals surface area (Å²) >= 11 is 0. The number of aromatic amines is 1. The number of pyridine rings is 1. The fourth-order valence-corrected chi connectivity index (χ4v) is 2.12.